The van der Waals surface area contributed by atoms with Gasteiger partial charge in [-0.05, 0) is 18.9 Å². The number of nitrogens with zero attached hydrogens (tertiary/aromatic N) is 2. The van der Waals surface area contributed by atoms with E-state index >= 15 is 0 Å². The zero-order chi connectivity index (χ0) is 12.5. The van der Waals surface area contributed by atoms with E-state index < -0.39 is 6.10 Å². The van der Waals surface area contributed by atoms with E-state index in [1.54, 1.807) is 12.4 Å². The Morgan fingerprint density at radius 2 is 1.65 bits per heavy atom. The summed E-state index contributed by atoms with van der Waals surface area (Å²) in [6, 6.07) is 0. The summed E-state index contributed by atoms with van der Waals surface area (Å²) in [5.74, 6) is 0.559. The number of aliphatic hydroxyl groups excluding tert-OH is 1. The van der Waals surface area contributed by atoms with Crippen molar-refractivity contribution in [3.05, 3.63) is 23.8 Å². The van der Waals surface area contributed by atoms with E-state index in [9.17, 15) is 5.11 Å². The number of unbranched alkanes of at least 4 members (excludes halogenated alkanes) is 5. The van der Waals surface area contributed by atoms with Crippen LogP contribution in [0.3, 0.4) is 0 Å². The smallest absolute Gasteiger partial charge is 0.156 e. The highest BCUT2D eigenvalue weighted by molar-refractivity contribution is 5.03. The normalized spacial score (nSPS) is 12.6. The lowest BCUT2D eigenvalue weighted by Crippen LogP contribution is -2.03. The van der Waals surface area contributed by atoms with Gasteiger partial charge in [-0.2, -0.15) is 0 Å². The first kappa shape index (κ1) is 14.1. The SMILES string of the molecule is CCCCCCCCC(O)c1ncc(C)cn1. The van der Waals surface area contributed by atoms with Gasteiger partial charge in [0.05, 0.1) is 0 Å². The summed E-state index contributed by atoms with van der Waals surface area (Å²) in [5.41, 5.74) is 1.03. The highest BCUT2D eigenvalue weighted by Crippen LogP contribution is 2.16. The molecule has 1 atom stereocenters. The molecule has 3 nitrogen and oxygen atoms in total. The topological polar surface area (TPSA) is 46.0 Å². The summed E-state index contributed by atoms with van der Waals surface area (Å²) in [5, 5.41) is 9.89. The second-order valence-corrected chi connectivity index (χ2v) is 4.69. The van der Waals surface area contributed by atoms with Crippen LogP contribution < -0.4 is 0 Å². The van der Waals surface area contributed by atoms with Gasteiger partial charge in [0.1, 0.15) is 6.10 Å². The first-order chi connectivity index (χ1) is 8.24. The first-order valence-electron chi connectivity index (χ1n) is 6.70. The van der Waals surface area contributed by atoms with E-state index in [1.807, 2.05) is 6.92 Å². The monoisotopic (exact) mass is 236 g/mol. The Morgan fingerprint density at radius 3 is 2.29 bits per heavy atom. The maximum Gasteiger partial charge on any atom is 0.156 e. The van der Waals surface area contributed by atoms with Crippen molar-refractivity contribution in [1.29, 1.82) is 0 Å². The maximum atomic E-state index is 9.89. The number of rotatable bonds is 8. The van der Waals surface area contributed by atoms with E-state index in [0.717, 1.165) is 18.4 Å². The highest BCUT2D eigenvalue weighted by Gasteiger charge is 2.09. The van der Waals surface area contributed by atoms with Gasteiger partial charge in [-0.3, -0.25) is 0 Å². The average Bonchev–Trinajstić information content (AvgIpc) is 2.34. The van der Waals surface area contributed by atoms with E-state index in [0.29, 0.717) is 5.82 Å². The molecule has 0 saturated heterocycles. The number of aliphatic hydroxyl groups is 1. The van der Waals surface area contributed by atoms with Crippen LogP contribution in [0.5, 0.6) is 0 Å². The van der Waals surface area contributed by atoms with Crippen LogP contribution in [0.25, 0.3) is 0 Å². The molecule has 17 heavy (non-hydrogen) atoms. The van der Waals surface area contributed by atoms with Crippen LogP contribution in [0.15, 0.2) is 12.4 Å². The summed E-state index contributed by atoms with van der Waals surface area (Å²) in [7, 11) is 0. The minimum Gasteiger partial charge on any atom is -0.385 e. The molecule has 1 aromatic heterocycles. The zero-order valence-electron chi connectivity index (χ0n) is 11.0. The third-order valence-electron chi connectivity index (χ3n) is 2.93. The fourth-order valence-corrected chi connectivity index (χ4v) is 1.82. The van der Waals surface area contributed by atoms with Crippen LogP contribution >= 0.6 is 0 Å². The first-order valence-corrected chi connectivity index (χ1v) is 6.70. The quantitative estimate of drug-likeness (QED) is 0.702. The van der Waals surface area contributed by atoms with Crippen LogP contribution in [0.1, 0.15) is 69.4 Å². The van der Waals surface area contributed by atoms with E-state index in [4.69, 9.17) is 0 Å². The molecule has 0 radical (unpaired) electrons. The molecule has 3 heteroatoms. The van der Waals surface area contributed by atoms with E-state index in [1.165, 1.54) is 32.1 Å². The van der Waals surface area contributed by atoms with Crippen molar-refractivity contribution in [1.82, 2.24) is 9.97 Å². The number of aromatic nitrogens is 2. The van der Waals surface area contributed by atoms with E-state index in [2.05, 4.69) is 16.9 Å². The molecular weight excluding hydrogens is 212 g/mol. The summed E-state index contributed by atoms with van der Waals surface area (Å²) in [6.07, 6.45) is 11.2. The predicted molar refractivity (Wildman–Crippen MR) is 69.7 cm³/mol. The number of aryl methyl sites for hydroxylation is 1. The van der Waals surface area contributed by atoms with Crippen molar-refractivity contribution in [3.63, 3.8) is 0 Å². The minimum absolute atomic E-state index is 0.498. The molecule has 0 saturated carbocycles. The van der Waals surface area contributed by atoms with Crippen molar-refractivity contribution in [2.45, 2.75) is 64.9 Å². The minimum atomic E-state index is -0.498. The van der Waals surface area contributed by atoms with Gasteiger partial charge in [-0.1, -0.05) is 45.4 Å². The van der Waals surface area contributed by atoms with Gasteiger partial charge >= 0.3 is 0 Å². The molecule has 1 N–H and O–H groups in total. The van der Waals surface area contributed by atoms with Crippen molar-refractivity contribution in [2.75, 3.05) is 0 Å². The van der Waals surface area contributed by atoms with Crippen molar-refractivity contribution in [3.8, 4) is 0 Å². The fourth-order valence-electron chi connectivity index (χ4n) is 1.82. The third kappa shape index (κ3) is 5.78. The van der Waals surface area contributed by atoms with Gasteiger partial charge in [0.2, 0.25) is 0 Å². The Morgan fingerprint density at radius 1 is 1.06 bits per heavy atom. The number of hydrogen-bond donors (Lipinski definition) is 1. The van der Waals surface area contributed by atoms with Crippen molar-refractivity contribution >= 4 is 0 Å². The van der Waals surface area contributed by atoms with Gasteiger partial charge in [0, 0.05) is 12.4 Å². The van der Waals surface area contributed by atoms with Crippen LogP contribution in [-0.4, -0.2) is 15.1 Å². The van der Waals surface area contributed by atoms with Crippen LogP contribution in [-0.2, 0) is 0 Å². The fraction of sp³-hybridized carbons (Fsp3) is 0.714. The molecule has 0 fully saturated rings. The predicted octanol–water partition coefficient (Wildman–Crippen LogP) is 3.57. The Labute approximate surface area is 104 Å². The van der Waals surface area contributed by atoms with Crippen molar-refractivity contribution < 1.29 is 5.11 Å². The van der Waals surface area contributed by atoms with Crippen LogP contribution in [0.4, 0.5) is 0 Å². The second-order valence-electron chi connectivity index (χ2n) is 4.69. The van der Waals surface area contributed by atoms with Gasteiger partial charge < -0.3 is 5.11 Å². The number of hydrogen-bond acceptors (Lipinski definition) is 3. The zero-order valence-corrected chi connectivity index (χ0v) is 11.0. The van der Waals surface area contributed by atoms with Gasteiger partial charge in [-0.25, -0.2) is 9.97 Å². The van der Waals surface area contributed by atoms with Gasteiger partial charge in [0.25, 0.3) is 0 Å². The molecule has 1 rings (SSSR count). The Hall–Kier alpha value is -0.960. The molecule has 96 valence electrons. The molecule has 1 heterocycles. The molecule has 1 aromatic rings. The Bertz CT molecular complexity index is 298. The summed E-state index contributed by atoms with van der Waals surface area (Å²) in [4.78, 5) is 8.29. The molecule has 0 bridgehead atoms. The largest absolute Gasteiger partial charge is 0.385 e. The highest BCUT2D eigenvalue weighted by atomic mass is 16.3. The lowest BCUT2D eigenvalue weighted by Gasteiger charge is -2.08. The average molecular weight is 236 g/mol. The molecular formula is C14H24N2O. The molecule has 0 amide bonds. The summed E-state index contributed by atoms with van der Waals surface area (Å²) >= 11 is 0. The molecule has 0 aromatic carbocycles. The maximum absolute atomic E-state index is 9.89. The lowest BCUT2D eigenvalue weighted by molar-refractivity contribution is 0.153. The standard InChI is InChI=1S/C14H24N2O/c1-3-4-5-6-7-8-9-13(17)14-15-10-12(2)11-16-14/h10-11,13,17H,3-9H2,1-2H3. The summed E-state index contributed by atoms with van der Waals surface area (Å²) in [6.45, 7) is 4.17. The molecule has 0 aliphatic rings. The summed E-state index contributed by atoms with van der Waals surface area (Å²) < 4.78 is 0. The lowest BCUT2D eigenvalue weighted by atomic mass is 10.1. The van der Waals surface area contributed by atoms with Crippen LogP contribution in [0.2, 0.25) is 0 Å². The van der Waals surface area contributed by atoms with Crippen molar-refractivity contribution in [2.24, 2.45) is 0 Å². The second kappa shape index (κ2) is 8.18. The molecule has 0 spiro atoms. The van der Waals surface area contributed by atoms with E-state index in [-0.39, 0.29) is 0 Å². The van der Waals surface area contributed by atoms with Gasteiger partial charge in [-0.15, -0.1) is 0 Å². The Balaban J connectivity index is 2.16. The third-order valence-corrected chi connectivity index (χ3v) is 2.93. The molecule has 1 unspecified atom stereocenters. The molecule has 0 aliphatic carbocycles. The Kier molecular flexibility index (Phi) is 6.78. The molecule has 0 aliphatic heterocycles. The van der Waals surface area contributed by atoms with Crippen LogP contribution in [0, 0.1) is 6.92 Å². The van der Waals surface area contributed by atoms with Gasteiger partial charge in [0.15, 0.2) is 5.82 Å².